The summed E-state index contributed by atoms with van der Waals surface area (Å²) in [5.41, 5.74) is 0.308. The summed E-state index contributed by atoms with van der Waals surface area (Å²) >= 11 is 0. The van der Waals surface area contributed by atoms with Crippen LogP contribution in [0.2, 0.25) is 0 Å². The van der Waals surface area contributed by atoms with Crippen molar-refractivity contribution in [3.05, 3.63) is 29.8 Å². The molecule has 1 atom stereocenters. The van der Waals surface area contributed by atoms with Crippen molar-refractivity contribution in [1.82, 2.24) is 4.90 Å². The Balaban J connectivity index is 2.08. The van der Waals surface area contributed by atoms with E-state index in [0.29, 0.717) is 6.42 Å². The maximum atomic E-state index is 12.1. The standard InChI is InChI=1S/C17H25NO5/c1-16(2,3)23-15(19)18-10-9-13(11-17(18,20)21)12-5-7-14(22-4)8-6-12/h5-8,13,20-21H,9-11H2,1-4H3. The highest BCUT2D eigenvalue weighted by atomic mass is 16.6. The summed E-state index contributed by atoms with van der Waals surface area (Å²) in [5, 5.41) is 20.6. The first-order chi connectivity index (χ1) is 10.6. The van der Waals surface area contributed by atoms with E-state index < -0.39 is 17.6 Å². The molecule has 0 radical (unpaired) electrons. The lowest BCUT2D eigenvalue weighted by Gasteiger charge is -2.42. The van der Waals surface area contributed by atoms with Gasteiger partial charge in [-0.15, -0.1) is 0 Å². The van der Waals surface area contributed by atoms with Crippen LogP contribution in [0.4, 0.5) is 4.79 Å². The van der Waals surface area contributed by atoms with Gasteiger partial charge >= 0.3 is 6.09 Å². The van der Waals surface area contributed by atoms with Crippen molar-refractivity contribution < 1.29 is 24.5 Å². The molecule has 1 heterocycles. The van der Waals surface area contributed by atoms with Gasteiger partial charge < -0.3 is 19.7 Å². The Morgan fingerprint density at radius 3 is 2.35 bits per heavy atom. The van der Waals surface area contributed by atoms with E-state index in [0.717, 1.165) is 16.2 Å². The van der Waals surface area contributed by atoms with Gasteiger partial charge in [0, 0.05) is 13.0 Å². The fourth-order valence-electron chi connectivity index (χ4n) is 2.72. The Labute approximate surface area is 136 Å². The second kappa shape index (κ2) is 6.37. The molecule has 2 rings (SSSR count). The van der Waals surface area contributed by atoms with Crippen molar-refractivity contribution >= 4 is 6.09 Å². The van der Waals surface area contributed by atoms with Crippen LogP contribution in [0.1, 0.15) is 45.1 Å². The zero-order chi connectivity index (χ0) is 17.3. The van der Waals surface area contributed by atoms with Crippen LogP contribution in [-0.2, 0) is 4.74 Å². The fraction of sp³-hybridized carbons (Fsp3) is 0.588. The van der Waals surface area contributed by atoms with Crippen molar-refractivity contribution in [3.63, 3.8) is 0 Å². The topological polar surface area (TPSA) is 79.2 Å². The molecule has 1 aromatic rings. The quantitative estimate of drug-likeness (QED) is 0.817. The van der Waals surface area contributed by atoms with Crippen molar-refractivity contribution in [1.29, 1.82) is 0 Å². The second-order valence-electron chi connectivity index (χ2n) is 6.87. The number of carbonyl (C=O) groups is 1. The molecule has 1 saturated heterocycles. The van der Waals surface area contributed by atoms with Crippen LogP contribution in [0.5, 0.6) is 5.75 Å². The minimum absolute atomic E-state index is 0.0402. The summed E-state index contributed by atoms with van der Waals surface area (Å²) < 4.78 is 10.4. The molecule has 0 spiro atoms. The Morgan fingerprint density at radius 1 is 1.26 bits per heavy atom. The second-order valence-corrected chi connectivity index (χ2v) is 6.87. The monoisotopic (exact) mass is 323 g/mol. The molecule has 1 aromatic carbocycles. The number of ether oxygens (including phenoxy) is 2. The highest BCUT2D eigenvalue weighted by molar-refractivity contribution is 5.68. The maximum absolute atomic E-state index is 12.1. The van der Waals surface area contributed by atoms with E-state index in [2.05, 4.69) is 0 Å². The largest absolute Gasteiger partial charge is 0.497 e. The number of likely N-dealkylation sites (tertiary alicyclic amines) is 1. The van der Waals surface area contributed by atoms with Gasteiger partial charge in [-0.3, -0.25) is 4.90 Å². The summed E-state index contributed by atoms with van der Waals surface area (Å²) in [7, 11) is 1.60. The van der Waals surface area contributed by atoms with Gasteiger partial charge in [-0.1, -0.05) is 12.1 Å². The Kier molecular flexibility index (Phi) is 4.87. The molecule has 1 amide bonds. The van der Waals surface area contributed by atoms with Crippen molar-refractivity contribution in [2.45, 2.75) is 51.0 Å². The van der Waals surface area contributed by atoms with Crippen molar-refractivity contribution in [3.8, 4) is 5.75 Å². The molecule has 1 unspecified atom stereocenters. The predicted molar refractivity (Wildman–Crippen MR) is 85.1 cm³/mol. The number of hydrogen-bond donors (Lipinski definition) is 2. The summed E-state index contributed by atoms with van der Waals surface area (Å²) in [6.07, 6.45) is -0.0387. The molecular weight excluding hydrogens is 298 g/mol. The lowest BCUT2D eigenvalue weighted by atomic mass is 9.87. The van der Waals surface area contributed by atoms with E-state index >= 15 is 0 Å². The molecule has 128 valence electrons. The zero-order valence-electron chi connectivity index (χ0n) is 14.1. The van der Waals surface area contributed by atoms with Gasteiger partial charge in [-0.25, -0.2) is 4.79 Å². The molecule has 6 nitrogen and oxygen atoms in total. The molecule has 6 heteroatoms. The number of benzene rings is 1. The summed E-state index contributed by atoms with van der Waals surface area (Å²) in [5.74, 6) is -1.51. The van der Waals surface area contributed by atoms with Gasteiger partial charge in [-0.2, -0.15) is 0 Å². The number of nitrogens with zero attached hydrogens (tertiary/aromatic N) is 1. The lowest BCUT2D eigenvalue weighted by Crippen LogP contribution is -2.57. The predicted octanol–water partition coefficient (Wildman–Crippen LogP) is 2.45. The average Bonchev–Trinajstić information content (AvgIpc) is 2.44. The molecule has 1 aliphatic heterocycles. The first-order valence-corrected chi connectivity index (χ1v) is 7.72. The normalized spacial score (nSPS) is 21.0. The Hall–Kier alpha value is -1.79. The number of aliphatic hydroxyl groups is 2. The smallest absolute Gasteiger partial charge is 0.414 e. The third-order valence-electron chi connectivity index (χ3n) is 3.85. The third kappa shape index (κ3) is 4.36. The molecule has 0 saturated carbocycles. The highest BCUT2D eigenvalue weighted by Crippen LogP contribution is 2.36. The maximum Gasteiger partial charge on any atom is 0.414 e. The van der Waals surface area contributed by atoms with Crippen LogP contribution in [0.15, 0.2) is 24.3 Å². The van der Waals surface area contributed by atoms with Crippen molar-refractivity contribution in [2.24, 2.45) is 0 Å². The van der Waals surface area contributed by atoms with Gasteiger partial charge in [0.05, 0.1) is 7.11 Å². The van der Waals surface area contributed by atoms with Crippen molar-refractivity contribution in [2.75, 3.05) is 13.7 Å². The first-order valence-electron chi connectivity index (χ1n) is 7.72. The zero-order valence-corrected chi connectivity index (χ0v) is 14.1. The number of hydrogen-bond acceptors (Lipinski definition) is 5. The van der Waals surface area contributed by atoms with E-state index in [9.17, 15) is 15.0 Å². The van der Waals surface area contributed by atoms with Crippen LogP contribution in [0.3, 0.4) is 0 Å². The minimum Gasteiger partial charge on any atom is -0.497 e. The molecule has 1 aliphatic rings. The van der Waals surface area contributed by atoms with E-state index in [-0.39, 0.29) is 18.9 Å². The van der Waals surface area contributed by atoms with E-state index in [1.165, 1.54) is 0 Å². The lowest BCUT2D eigenvalue weighted by molar-refractivity contribution is -0.269. The molecule has 0 bridgehead atoms. The van der Waals surface area contributed by atoms with Crippen LogP contribution < -0.4 is 4.74 Å². The molecular formula is C17H25NO5. The number of piperidine rings is 1. The molecule has 2 N–H and O–H groups in total. The average molecular weight is 323 g/mol. The van der Waals surface area contributed by atoms with Gasteiger partial charge in [0.2, 0.25) is 0 Å². The van der Waals surface area contributed by atoms with Crippen LogP contribution >= 0.6 is 0 Å². The van der Waals surface area contributed by atoms with E-state index in [1.54, 1.807) is 27.9 Å². The summed E-state index contributed by atoms with van der Waals surface area (Å²) in [4.78, 5) is 13.1. The summed E-state index contributed by atoms with van der Waals surface area (Å²) in [6, 6.07) is 7.49. The molecule has 23 heavy (non-hydrogen) atoms. The highest BCUT2D eigenvalue weighted by Gasteiger charge is 2.44. The third-order valence-corrected chi connectivity index (χ3v) is 3.85. The van der Waals surface area contributed by atoms with Crippen LogP contribution in [0.25, 0.3) is 0 Å². The van der Waals surface area contributed by atoms with E-state index in [1.807, 2.05) is 24.3 Å². The summed E-state index contributed by atoms with van der Waals surface area (Å²) in [6.45, 7) is 5.45. The van der Waals surface area contributed by atoms with Gasteiger partial charge in [0.1, 0.15) is 11.4 Å². The van der Waals surface area contributed by atoms with Crippen LogP contribution in [0, 0.1) is 0 Å². The first kappa shape index (κ1) is 17.6. The Morgan fingerprint density at radius 2 is 1.87 bits per heavy atom. The molecule has 0 aliphatic carbocycles. The fourth-order valence-corrected chi connectivity index (χ4v) is 2.72. The van der Waals surface area contributed by atoms with Gasteiger partial charge in [0.25, 0.3) is 5.91 Å². The SMILES string of the molecule is COc1ccc(C2CCN(C(=O)OC(C)(C)C)C(O)(O)C2)cc1. The number of methoxy groups -OCH3 is 1. The minimum atomic E-state index is -2.22. The van der Waals surface area contributed by atoms with Gasteiger partial charge in [0.15, 0.2) is 0 Å². The van der Waals surface area contributed by atoms with E-state index in [4.69, 9.17) is 9.47 Å². The number of amides is 1. The molecule has 0 aromatic heterocycles. The Bertz CT molecular complexity index is 547. The number of rotatable bonds is 2. The number of carbonyl (C=O) groups excluding carboxylic acids is 1. The van der Waals surface area contributed by atoms with Crippen LogP contribution in [-0.4, -0.2) is 46.4 Å². The van der Waals surface area contributed by atoms with Gasteiger partial charge in [-0.05, 0) is 50.8 Å². The molecule has 1 fully saturated rings.